The van der Waals surface area contributed by atoms with Crippen molar-refractivity contribution in [1.82, 2.24) is 0 Å². The predicted molar refractivity (Wildman–Crippen MR) is 84.1 cm³/mol. The number of carbonyl (C=O) groups is 1. The van der Waals surface area contributed by atoms with Gasteiger partial charge in [-0.2, -0.15) is 0 Å². The second kappa shape index (κ2) is 9.98. The highest BCUT2D eigenvalue weighted by atomic mass is 16.5. The number of amides is 1. The number of rotatable bonds is 7. The quantitative estimate of drug-likeness (QED) is 0.599. The van der Waals surface area contributed by atoms with Crippen molar-refractivity contribution in [3.63, 3.8) is 0 Å². The average Bonchev–Trinajstić information content (AvgIpc) is 2.47. The number of benzene rings is 1. The Kier molecular flexibility index (Phi) is 8.18. The normalized spacial score (nSPS) is 9.86. The van der Waals surface area contributed by atoms with Crippen LogP contribution < -0.4 is 5.32 Å². The van der Waals surface area contributed by atoms with E-state index < -0.39 is 0 Å². The molecule has 2 N–H and O–H groups in total. The molecule has 0 spiro atoms. The van der Waals surface area contributed by atoms with E-state index in [9.17, 15) is 4.79 Å². The van der Waals surface area contributed by atoms with Crippen LogP contribution in [0.4, 0.5) is 5.69 Å². The summed E-state index contributed by atoms with van der Waals surface area (Å²) in [4.78, 5) is 11.8. The van der Waals surface area contributed by atoms with Crippen molar-refractivity contribution in [2.75, 3.05) is 25.1 Å². The Balaban J connectivity index is 2.57. The Morgan fingerprint density at radius 3 is 2.90 bits per heavy atom. The minimum atomic E-state index is -0.0655. The number of carbonyl (C=O) groups excluding carboxylic acids is 1. The zero-order valence-corrected chi connectivity index (χ0v) is 12.7. The molecule has 0 saturated heterocycles. The topological polar surface area (TPSA) is 58.6 Å². The number of ether oxygens (including phenoxy) is 1. The first-order valence-corrected chi connectivity index (χ1v) is 7.25. The Hall–Kier alpha value is -1.83. The van der Waals surface area contributed by atoms with Crippen molar-refractivity contribution in [2.45, 2.75) is 33.1 Å². The summed E-state index contributed by atoms with van der Waals surface area (Å²) >= 11 is 0. The van der Waals surface area contributed by atoms with Gasteiger partial charge in [0, 0.05) is 24.3 Å². The summed E-state index contributed by atoms with van der Waals surface area (Å²) in [6.45, 7) is 5.18. The number of aliphatic hydroxyl groups excluding tert-OH is 1. The Morgan fingerprint density at radius 2 is 2.19 bits per heavy atom. The van der Waals surface area contributed by atoms with E-state index in [1.165, 1.54) is 0 Å². The monoisotopic (exact) mass is 289 g/mol. The van der Waals surface area contributed by atoms with E-state index >= 15 is 0 Å². The molecule has 4 nitrogen and oxygen atoms in total. The molecule has 0 bridgehead atoms. The summed E-state index contributed by atoms with van der Waals surface area (Å²) in [5.74, 6) is 5.82. The molecule has 0 aliphatic heterocycles. The number of nitrogens with one attached hydrogen (secondary N) is 1. The zero-order valence-electron chi connectivity index (χ0n) is 12.7. The molecule has 1 amide bonds. The van der Waals surface area contributed by atoms with Crippen molar-refractivity contribution in [2.24, 2.45) is 0 Å². The Labute approximate surface area is 126 Å². The van der Waals surface area contributed by atoms with E-state index in [-0.39, 0.29) is 12.5 Å². The molecular weight excluding hydrogens is 266 g/mol. The summed E-state index contributed by atoms with van der Waals surface area (Å²) in [5.41, 5.74) is 2.64. The van der Waals surface area contributed by atoms with Crippen LogP contribution in [0.1, 0.15) is 37.3 Å². The van der Waals surface area contributed by atoms with Gasteiger partial charge in [-0.1, -0.05) is 24.8 Å². The van der Waals surface area contributed by atoms with Gasteiger partial charge < -0.3 is 15.2 Å². The summed E-state index contributed by atoms with van der Waals surface area (Å²) in [7, 11) is 0. The smallest absolute Gasteiger partial charge is 0.226 e. The van der Waals surface area contributed by atoms with Gasteiger partial charge >= 0.3 is 0 Å². The van der Waals surface area contributed by atoms with E-state index in [0.29, 0.717) is 26.1 Å². The van der Waals surface area contributed by atoms with Gasteiger partial charge in [-0.15, -0.1) is 0 Å². The van der Waals surface area contributed by atoms with Crippen molar-refractivity contribution in [3.8, 4) is 11.8 Å². The predicted octanol–water partition coefficient (Wildman–Crippen LogP) is 2.48. The first-order valence-electron chi connectivity index (χ1n) is 7.25. The number of aryl methyl sites for hydroxylation is 1. The van der Waals surface area contributed by atoms with Gasteiger partial charge in [-0.05, 0) is 31.0 Å². The second-order valence-electron chi connectivity index (χ2n) is 4.72. The van der Waals surface area contributed by atoms with E-state index in [2.05, 4.69) is 17.2 Å². The fraction of sp³-hybridized carbons (Fsp3) is 0.471. The van der Waals surface area contributed by atoms with Crippen molar-refractivity contribution in [1.29, 1.82) is 0 Å². The lowest BCUT2D eigenvalue weighted by Crippen LogP contribution is -2.14. The van der Waals surface area contributed by atoms with Crippen LogP contribution in [0.3, 0.4) is 0 Å². The highest BCUT2D eigenvalue weighted by Crippen LogP contribution is 2.14. The largest absolute Gasteiger partial charge is 0.395 e. The van der Waals surface area contributed by atoms with Crippen LogP contribution in [0.2, 0.25) is 0 Å². The van der Waals surface area contributed by atoms with Crippen LogP contribution >= 0.6 is 0 Å². The molecular formula is C17H23NO3. The number of aliphatic hydroxyl groups is 1. The molecule has 1 rings (SSSR count). The molecule has 0 fully saturated rings. The first kappa shape index (κ1) is 17.2. The number of hydrogen-bond donors (Lipinski definition) is 2. The van der Waals surface area contributed by atoms with Gasteiger partial charge in [0.15, 0.2) is 0 Å². The van der Waals surface area contributed by atoms with Gasteiger partial charge in [-0.3, -0.25) is 4.79 Å². The summed E-state index contributed by atoms with van der Waals surface area (Å²) in [6.07, 6.45) is 1.75. The van der Waals surface area contributed by atoms with Crippen LogP contribution in [0, 0.1) is 18.8 Å². The molecule has 114 valence electrons. The molecule has 0 aliphatic rings. The second-order valence-corrected chi connectivity index (χ2v) is 4.72. The maximum atomic E-state index is 11.8. The summed E-state index contributed by atoms with van der Waals surface area (Å²) < 4.78 is 5.29. The van der Waals surface area contributed by atoms with Crippen LogP contribution in [-0.2, 0) is 9.53 Å². The van der Waals surface area contributed by atoms with Crippen molar-refractivity contribution >= 4 is 11.6 Å². The lowest BCUT2D eigenvalue weighted by Gasteiger charge is -2.07. The van der Waals surface area contributed by atoms with Crippen LogP contribution in [0.15, 0.2) is 18.2 Å². The molecule has 0 heterocycles. The molecule has 1 aromatic carbocycles. The van der Waals surface area contributed by atoms with Crippen molar-refractivity contribution in [3.05, 3.63) is 29.3 Å². The number of hydrogen-bond acceptors (Lipinski definition) is 3. The molecule has 0 saturated carbocycles. The van der Waals surface area contributed by atoms with E-state index in [1.807, 2.05) is 32.0 Å². The maximum absolute atomic E-state index is 11.8. The summed E-state index contributed by atoms with van der Waals surface area (Å²) in [5, 5.41) is 11.6. The molecule has 0 aliphatic carbocycles. The summed E-state index contributed by atoms with van der Waals surface area (Å²) in [6, 6.07) is 5.63. The standard InChI is InChI=1S/C17H23NO3/c1-3-11-21-12-9-17(20)18-16-8-7-14(2)15(13-16)6-4-5-10-19/h7-8,13,19H,3,5,9-12H2,1-2H3,(H,18,20). The molecule has 0 aromatic heterocycles. The lowest BCUT2D eigenvalue weighted by atomic mass is 10.1. The van der Waals surface area contributed by atoms with Crippen molar-refractivity contribution < 1.29 is 14.6 Å². The third-order valence-corrected chi connectivity index (χ3v) is 2.80. The molecule has 0 radical (unpaired) electrons. The van der Waals surface area contributed by atoms with E-state index in [0.717, 1.165) is 23.2 Å². The SMILES string of the molecule is CCCOCCC(=O)Nc1ccc(C)c(C#CCCO)c1. The van der Waals surface area contributed by atoms with Gasteiger partial charge in [0.1, 0.15) is 0 Å². The molecule has 0 atom stereocenters. The van der Waals surface area contributed by atoms with Crippen LogP contribution in [0.25, 0.3) is 0 Å². The van der Waals surface area contributed by atoms with E-state index in [1.54, 1.807) is 0 Å². The fourth-order valence-corrected chi connectivity index (χ4v) is 1.68. The first-order chi connectivity index (χ1) is 10.2. The molecule has 4 heteroatoms. The molecule has 0 unspecified atom stereocenters. The third kappa shape index (κ3) is 6.94. The minimum Gasteiger partial charge on any atom is -0.395 e. The highest BCUT2D eigenvalue weighted by molar-refractivity contribution is 5.91. The van der Waals surface area contributed by atoms with E-state index in [4.69, 9.17) is 9.84 Å². The zero-order chi connectivity index (χ0) is 15.5. The molecule has 21 heavy (non-hydrogen) atoms. The Morgan fingerprint density at radius 1 is 1.38 bits per heavy atom. The van der Waals surface area contributed by atoms with Gasteiger partial charge in [0.2, 0.25) is 5.91 Å². The Bertz CT molecular complexity index is 515. The minimum absolute atomic E-state index is 0.0558. The third-order valence-electron chi connectivity index (χ3n) is 2.80. The molecule has 1 aromatic rings. The van der Waals surface area contributed by atoms with Gasteiger partial charge in [0.05, 0.1) is 19.6 Å². The van der Waals surface area contributed by atoms with Gasteiger partial charge in [0.25, 0.3) is 0 Å². The number of anilines is 1. The maximum Gasteiger partial charge on any atom is 0.226 e. The van der Waals surface area contributed by atoms with Gasteiger partial charge in [-0.25, -0.2) is 0 Å². The van der Waals surface area contributed by atoms with Crippen LogP contribution in [-0.4, -0.2) is 30.8 Å². The highest BCUT2D eigenvalue weighted by Gasteiger charge is 2.04. The lowest BCUT2D eigenvalue weighted by molar-refractivity contribution is -0.117. The average molecular weight is 289 g/mol. The van der Waals surface area contributed by atoms with Crippen LogP contribution in [0.5, 0.6) is 0 Å². The fourth-order valence-electron chi connectivity index (χ4n) is 1.68.